The summed E-state index contributed by atoms with van der Waals surface area (Å²) in [4.78, 5) is 2.15. The molecule has 5 heteroatoms. The van der Waals surface area contributed by atoms with Crippen molar-refractivity contribution in [2.45, 2.75) is 32.2 Å². The fraction of sp³-hybridized carbons (Fsp3) is 1.00. The molecule has 0 spiro atoms. The number of aliphatic hydroxyl groups excluding tert-OH is 1. The molecule has 0 radical (unpaired) electrons. The lowest BCUT2D eigenvalue weighted by atomic mass is 9.92. The lowest BCUT2D eigenvalue weighted by molar-refractivity contribution is 0.0959. The fourth-order valence-electron chi connectivity index (χ4n) is 2.33. The molecule has 0 saturated carbocycles. The van der Waals surface area contributed by atoms with Gasteiger partial charge in [-0.25, -0.2) is 8.78 Å². The highest BCUT2D eigenvalue weighted by Crippen LogP contribution is 2.19. The number of nitrogens with zero attached hydrogens (tertiary/aromatic N) is 1. The number of likely N-dealkylation sites (tertiary alicyclic amines) is 1. The van der Waals surface area contributed by atoms with Crippen LogP contribution in [0.3, 0.4) is 0 Å². The zero-order valence-corrected chi connectivity index (χ0v) is 9.83. The highest BCUT2D eigenvalue weighted by Gasteiger charge is 2.25. The van der Waals surface area contributed by atoms with Gasteiger partial charge < -0.3 is 10.4 Å². The van der Waals surface area contributed by atoms with Gasteiger partial charge in [0.1, 0.15) is 0 Å². The molecule has 0 bridgehead atoms. The van der Waals surface area contributed by atoms with E-state index in [-0.39, 0.29) is 19.2 Å². The summed E-state index contributed by atoms with van der Waals surface area (Å²) in [5, 5.41) is 11.8. The second-order valence-corrected chi connectivity index (χ2v) is 4.49. The van der Waals surface area contributed by atoms with Gasteiger partial charge in [-0.05, 0) is 12.3 Å². The average Bonchev–Trinajstić information content (AvgIpc) is 2.26. The lowest BCUT2D eigenvalue weighted by Crippen LogP contribution is -2.50. The number of hydrogen-bond donors (Lipinski definition) is 2. The van der Waals surface area contributed by atoms with E-state index in [1.54, 1.807) is 0 Å². The third kappa shape index (κ3) is 4.72. The molecule has 2 N–H and O–H groups in total. The van der Waals surface area contributed by atoms with Gasteiger partial charge in [0.15, 0.2) is 0 Å². The topological polar surface area (TPSA) is 35.5 Å². The Hall–Kier alpha value is -0.260. The summed E-state index contributed by atoms with van der Waals surface area (Å²) >= 11 is 0. The minimum absolute atomic E-state index is 0.137. The monoisotopic (exact) mass is 236 g/mol. The predicted molar refractivity (Wildman–Crippen MR) is 59.7 cm³/mol. The standard InChI is InChI=1S/C11H22F2N2O/c1-2-9-5-10(14-6-11(12)13)8-15(7-9)3-4-16/h9-11,14,16H,2-8H2,1H3. The first kappa shape index (κ1) is 13.8. The molecule has 0 aliphatic carbocycles. The second-order valence-electron chi connectivity index (χ2n) is 4.49. The maximum Gasteiger partial charge on any atom is 0.250 e. The first-order chi connectivity index (χ1) is 7.65. The summed E-state index contributed by atoms with van der Waals surface area (Å²) in [7, 11) is 0. The lowest BCUT2D eigenvalue weighted by Gasteiger charge is -2.37. The van der Waals surface area contributed by atoms with Crippen LogP contribution in [0.4, 0.5) is 8.78 Å². The molecule has 1 aliphatic rings. The van der Waals surface area contributed by atoms with Gasteiger partial charge in [-0.15, -0.1) is 0 Å². The van der Waals surface area contributed by atoms with Gasteiger partial charge in [0.05, 0.1) is 13.2 Å². The third-order valence-electron chi connectivity index (χ3n) is 3.17. The van der Waals surface area contributed by atoms with E-state index in [4.69, 9.17) is 5.11 Å². The number of piperidine rings is 1. The molecule has 1 aliphatic heterocycles. The molecule has 16 heavy (non-hydrogen) atoms. The Morgan fingerprint density at radius 1 is 1.44 bits per heavy atom. The highest BCUT2D eigenvalue weighted by atomic mass is 19.3. The minimum Gasteiger partial charge on any atom is -0.395 e. The van der Waals surface area contributed by atoms with Crippen LogP contribution in [0.1, 0.15) is 19.8 Å². The van der Waals surface area contributed by atoms with Crippen LogP contribution < -0.4 is 5.32 Å². The van der Waals surface area contributed by atoms with Crippen molar-refractivity contribution in [3.8, 4) is 0 Å². The molecule has 2 atom stereocenters. The summed E-state index contributed by atoms with van der Waals surface area (Å²) in [6.45, 7) is 4.42. The number of alkyl halides is 2. The van der Waals surface area contributed by atoms with Crippen molar-refractivity contribution in [1.82, 2.24) is 10.2 Å². The Morgan fingerprint density at radius 2 is 2.19 bits per heavy atom. The maximum atomic E-state index is 12.1. The van der Waals surface area contributed by atoms with E-state index in [1.165, 1.54) is 0 Å². The molecule has 0 aromatic rings. The zero-order valence-electron chi connectivity index (χ0n) is 9.83. The molecule has 1 saturated heterocycles. The van der Waals surface area contributed by atoms with Gasteiger partial charge in [0, 0.05) is 25.7 Å². The van der Waals surface area contributed by atoms with Gasteiger partial charge in [-0.3, -0.25) is 4.90 Å². The molecular formula is C11H22F2N2O. The quantitative estimate of drug-likeness (QED) is 0.720. The van der Waals surface area contributed by atoms with Crippen LogP contribution in [-0.4, -0.2) is 55.3 Å². The van der Waals surface area contributed by atoms with Crippen molar-refractivity contribution < 1.29 is 13.9 Å². The van der Waals surface area contributed by atoms with E-state index in [0.29, 0.717) is 12.5 Å². The number of halogens is 2. The fourth-order valence-corrected chi connectivity index (χ4v) is 2.33. The molecule has 3 nitrogen and oxygen atoms in total. The summed E-state index contributed by atoms with van der Waals surface area (Å²) in [5.41, 5.74) is 0. The summed E-state index contributed by atoms with van der Waals surface area (Å²) in [6.07, 6.45) is -0.256. The number of β-amino-alcohol motifs (C(OH)–C–C–N with tert-alkyl or cyclic N) is 1. The number of hydrogen-bond acceptors (Lipinski definition) is 3. The Labute approximate surface area is 95.8 Å². The Morgan fingerprint density at radius 3 is 2.75 bits per heavy atom. The third-order valence-corrected chi connectivity index (χ3v) is 3.17. The maximum absolute atomic E-state index is 12.1. The minimum atomic E-state index is -2.28. The molecule has 1 rings (SSSR count). The first-order valence-electron chi connectivity index (χ1n) is 6.00. The van der Waals surface area contributed by atoms with Crippen molar-refractivity contribution in [3.05, 3.63) is 0 Å². The van der Waals surface area contributed by atoms with E-state index < -0.39 is 6.43 Å². The van der Waals surface area contributed by atoms with Crippen LogP contribution in [-0.2, 0) is 0 Å². The van der Waals surface area contributed by atoms with Crippen molar-refractivity contribution in [3.63, 3.8) is 0 Å². The van der Waals surface area contributed by atoms with E-state index in [9.17, 15) is 8.78 Å². The van der Waals surface area contributed by atoms with Gasteiger partial charge in [0.2, 0.25) is 0 Å². The zero-order chi connectivity index (χ0) is 12.0. The second kappa shape index (κ2) is 7.14. The smallest absolute Gasteiger partial charge is 0.250 e. The molecule has 1 heterocycles. The summed E-state index contributed by atoms with van der Waals surface area (Å²) < 4.78 is 24.2. The van der Waals surface area contributed by atoms with E-state index in [2.05, 4.69) is 17.1 Å². The van der Waals surface area contributed by atoms with Crippen LogP contribution in [0, 0.1) is 5.92 Å². The Kier molecular flexibility index (Phi) is 6.16. The van der Waals surface area contributed by atoms with Crippen LogP contribution in [0.25, 0.3) is 0 Å². The van der Waals surface area contributed by atoms with E-state index >= 15 is 0 Å². The van der Waals surface area contributed by atoms with Gasteiger partial charge in [-0.1, -0.05) is 13.3 Å². The van der Waals surface area contributed by atoms with Crippen LogP contribution in [0.2, 0.25) is 0 Å². The van der Waals surface area contributed by atoms with E-state index in [0.717, 1.165) is 25.9 Å². The van der Waals surface area contributed by atoms with Gasteiger partial charge in [-0.2, -0.15) is 0 Å². The summed E-state index contributed by atoms with van der Waals surface area (Å²) in [5.74, 6) is 0.551. The molecule has 0 aromatic heterocycles. The van der Waals surface area contributed by atoms with Crippen molar-refractivity contribution in [2.24, 2.45) is 5.92 Å². The molecule has 0 aromatic carbocycles. The predicted octanol–water partition coefficient (Wildman–Crippen LogP) is 0.934. The first-order valence-corrected chi connectivity index (χ1v) is 6.00. The number of aliphatic hydroxyl groups is 1. The van der Waals surface area contributed by atoms with Crippen molar-refractivity contribution >= 4 is 0 Å². The number of nitrogens with one attached hydrogen (secondary N) is 1. The van der Waals surface area contributed by atoms with Crippen molar-refractivity contribution in [1.29, 1.82) is 0 Å². The van der Waals surface area contributed by atoms with Crippen LogP contribution in [0.15, 0.2) is 0 Å². The van der Waals surface area contributed by atoms with Crippen LogP contribution >= 0.6 is 0 Å². The number of rotatable bonds is 6. The van der Waals surface area contributed by atoms with Crippen LogP contribution in [0.5, 0.6) is 0 Å². The highest BCUT2D eigenvalue weighted by molar-refractivity contribution is 4.83. The molecule has 2 unspecified atom stereocenters. The molecule has 0 amide bonds. The molecular weight excluding hydrogens is 214 g/mol. The Balaban J connectivity index is 2.37. The van der Waals surface area contributed by atoms with Gasteiger partial charge >= 0.3 is 0 Å². The van der Waals surface area contributed by atoms with E-state index in [1.807, 2.05) is 0 Å². The SMILES string of the molecule is CCC1CC(NCC(F)F)CN(CCO)C1. The van der Waals surface area contributed by atoms with Crippen molar-refractivity contribution in [2.75, 3.05) is 32.8 Å². The Bertz CT molecular complexity index is 193. The normalized spacial score (nSPS) is 27.6. The molecule has 96 valence electrons. The summed E-state index contributed by atoms with van der Waals surface area (Å²) in [6, 6.07) is 0.138. The van der Waals surface area contributed by atoms with Gasteiger partial charge in [0.25, 0.3) is 6.43 Å². The average molecular weight is 236 g/mol. The molecule has 1 fully saturated rings. The largest absolute Gasteiger partial charge is 0.395 e.